The van der Waals surface area contributed by atoms with Gasteiger partial charge in [0.1, 0.15) is 5.78 Å². The van der Waals surface area contributed by atoms with E-state index in [-0.39, 0.29) is 11.2 Å². The average molecular weight is 240 g/mol. The Morgan fingerprint density at radius 2 is 1.88 bits per heavy atom. The quantitative estimate of drug-likeness (QED) is 0.419. The number of methoxy groups -OCH3 is 1. The molecule has 0 heterocycles. The zero-order chi connectivity index (χ0) is 13.2. The highest BCUT2D eigenvalue weighted by Gasteiger charge is 2.40. The van der Waals surface area contributed by atoms with Crippen LogP contribution >= 0.6 is 0 Å². The van der Waals surface area contributed by atoms with Crippen LogP contribution in [0.1, 0.15) is 40.0 Å². The summed E-state index contributed by atoms with van der Waals surface area (Å²) in [7, 11) is 1.16. The molecule has 4 nitrogen and oxygen atoms in total. The van der Waals surface area contributed by atoms with Crippen molar-refractivity contribution in [3.63, 3.8) is 0 Å². The Kier molecular flexibility index (Phi) is 4.07. The topological polar surface area (TPSA) is 60.4 Å². The summed E-state index contributed by atoms with van der Waals surface area (Å²) in [5.74, 6) is -2.22. The second kappa shape index (κ2) is 4.98. The van der Waals surface area contributed by atoms with Crippen molar-refractivity contribution in [3.05, 3.63) is 0 Å². The standard InChI is InChI=1S/C13H20O4/c1-13(2,3)8-5-6-10(14)9(7-8)11(15)12(16)17-4/h8-9H,5-7H2,1-4H3. The summed E-state index contributed by atoms with van der Waals surface area (Å²) in [5, 5.41) is 0. The van der Waals surface area contributed by atoms with Crippen molar-refractivity contribution in [1.29, 1.82) is 0 Å². The molecule has 2 atom stereocenters. The summed E-state index contributed by atoms with van der Waals surface area (Å²) in [6.07, 6.45) is 1.65. The van der Waals surface area contributed by atoms with Crippen LogP contribution in [-0.4, -0.2) is 24.6 Å². The fourth-order valence-corrected chi connectivity index (χ4v) is 2.31. The smallest absolute Gasteiger partial charge is 0.375 e. The maximum absolute atomic E-state index is 11.7. The Balaban J connectivity index is 2.80. The Morgan fingerprint density at radius 1 is 1.29 bits per heavy atom. The Hall–Kier alpha value is -1.19. The van der Waals surface area contributed by atoms with Gasteiger partial charge in [0, 0.05) is 6.42 Å². The van der Waals surface area contributed by atoms with Crippen LogP contribution < -0.4 is 0 Å². The van der Waals surface area contributed by atoms with Crippen molar-refractivity contribution >= 4 is 17.5 Å². The number of carbonyl (C=O) groups excluding carboxylic acids is 3. The minimum Gasteiger partial charge on any atom is -0.463 e. The van der Waals surface area contributed by atoms with Crippen LogP contribution in [-0.2, 0) is 19.1 Å². The van der Waals surface area contributed by atoms with E-state index in [1.165, 1.54) is 0 Å². The fourth-order valence-electron chi connectivity index (χ4n) is 2.31. The lowest BCUT2D eigenvalue weighted by Crippen LogP contribution is -2.39. The van der Waals surface area contributed by atoms with Crippen molar-refractivity contribution in [1.82, 2.24) is 0 Å². The van der Waals surface area contributed by atoms with Crippen LogP contribution in [0.25, 0.3) is 0 Å². The molecular formula is C13H20O4. The van der Waals surface area contributed by atoms with Crippen molar-refractivity contribution in [2.24, 2.45) is 17.3 Å². The van der Waals surface area contributed by atoms with E-state index in [4.69, 9.17) is 0 Å². The first kappa shape index (κ1) is 13.9. The number of rotatable bonds is 2. The lowest BCUT2D eigenvalue weighted by atomic mass is 9.68. The predicted molar refractivity (Wildman–Crippen MR) is 62.3 cm³/mol. The van der Waals surface area contributed by atoms with Crippen molar-refractivity contribution in [2.75, 3.05) is 7.11 Å². The van der Waals surface area contributed by atoms with Crippen LogP contribution in [0, 0.1) is 17.3 Å². The lowest BCUT2D eigenvalue weighted by Gasteiger charge is -2.36. The second-order valence-corrected chi connectivity index (χ2v) is 5.71. The van der Waals surface area contributed by atoms with Gasteiger partial charge in [-0.3, -0.25) is 9.59 Å². The first-order valence-electron chi connectivity index (χ1n) is 5.92. The summed E-state index contributed by atoms with van der Waals surface area (Å²) in [6, 6.07) is 0. The monoisotopic (exact) mass is 240 g/mol. The van der Waals surface area contributed by atoms with Gasteiger partial charge in [-0.1, -0.05) is 20.8 Å². The first-order valence-corrected chi connectivity index (χ1v) is 5.92. The highest BCUT2D eigenvalue weighted by Crippen LogP contribution is 2.39. The summed E-state index contributed by atoms with van der Waals surface area (Å²) < 4.78 is 4.39. The minimum absolute atomic E-state index is 0.0509. The highest BCUT2D eigenvalue weighted by molar-refractivity contribution is 6.38. The third-order valence-corrected chi connectivity index (χ3v) is 3.58. The van der Waals surface area contributed by atoms with Crippen LogP contribution in [0.3, 0.4) is 0 Å². The van der Waals surface area contributed by atoms with Gasteiger partial charge in [-0.25, -0.2) is 4.79 Å². The number of ether oxygens (including phenoxy) is 1. The summed E-state index contributed by atoms with van der Waals surface area (Å²) >= 11 is 0. The van der Waals surface area contributed by atoms with E-state index in [0.717, 1.165) is 13.5 Å². The van der Waals surface area contributed by atoms with Crippen LogP contribution in [0.2, 0.25) is 0 Å². The number of Topliss-reactive ketones (excluding diaryl/α,β-unsaturated/α-hetero) is 2. The number of hydrogen-bond donors (Lipinski definition) is 0. The fraction of sp³-hybridized carbons (Fsp3) is 0.769. The van der Waals surface area contributed by atoms with Gasteiger partial charge >= 0.3 is 5.97 Å². The van der Waals surface area contributed by atoms with Crippen molar-refractivity contribution in [2.45, 2.75) is 40.0 Å². The van der Waals surface area contributed by atoms with Crippen LogP contribution in [0.15, 0.2) is 0 Å². The summed E-state index contributed by atoms with van der Waals surface area (Å²) in [6.45, 7) is 6.27. The third-order valence-electron chi connectivity index (χ3n) is 3.58. The van der Waals surface area contributed by atoms with Gasteiger partial charge in [0.25, 0.3) is 0 Å². The van der Waals surface area contributed by atoms with E-state index in [9.17, 15) is 14.4 Å². The van der Waals surface area contributed by atoms with Crippen LogP contribution in [0.4, 0.5) is 0 Å². The summed E-state index contributed by atoms with van der Waals surface area (Å²) in [4.78, 5) is 34.6. The molecule has 4 heteroatoms. The number of ketones is 2. The Labute approximate surface area is 102 Å². The highest BCUT2D eigenvalue weighted by atomic mass is 16.5. The molecule has 2 unspecified atom stereocenters. The SMILES string of the molecule is COC(=O)C(=O)C1CC(C(C)(C)C)CCC1=O. The maximum Gasteiger partial charge on any atom is 0.375 e. The average Bonchev–Trinajstić information content (AvgIpc) is 2.26. The zero-order valence-corrected chi connectivity index (χ0v) is 10.9. The maximum atomic E-state index is 11.7. The van der Waals surface area contributed by atoms with Gasteiger partial charge in [-0.15, -0.1) is 0 Å². The molecule has 0 amide bonds. The van der Waals surface area contributed by atoms with Gasteiger partial charge in [-0.2, -0.15) is 0 Å². The molecule has 0 aliphatic heterocycles. The van der Waals surface area contributed by atoms with Crippen molar-refractivity contribution in [3.8, 4) is 0 Å². The van der Waals surface area contributed by atoms with E-state index >= 15 is 0 Å². The molecule has 0 aromatic carbocycles. The molecule has 17 heavy (non-hydrogen) atoms. The molecule has 1 fully saturated rings. The predicted octanol–water partition coefficient (Wildman–Crippen LogP) is 1.76. The van der Waals surface area contributed by atoms with Gasteiger partial charge in [-0.05, 0) is 24.2 Å². The molecule has 0 saturated heterocycles. The van der Waals surface area contributed by atoms with Crippen molar-refractivity contribution < 1.29 is 19.1 Å². The second-order valence-electron chi connectivity index (χ2n) is 5.71. The number of carbonyl (C=O) groups is 3. The molecule has 0 spiro atoms. The molecule has 1 saturated carbocycles. The van der Waals surface area contributed by atoms with Crippen LogP contribution in [0.5, 0.6) is 0 Å². The lowest BCUT2D eigenvalue weighted by molar-refractivity contribution is -0.156. The zero-order valence-electron chi connectivity index (χ0n) is 10.9. The molecule has 1 rings (SSSR count). The Morgan fingerprint density at radius 3 is 2.35 bits per heavy atom. The molecule has 0 N–H and O–H groups in total. The van der Waals surface area contributed by atoms with E-state index in [1.54, 1.807) is 0 Å². The minimum atomic E-state index is -0.905. The molecule has 0 radical (unpaired) electrons. The molecule has 96 valence electrons. The molecule has 0 aromatic rings. The van der Waals surface area contributed by atoms with E-state index in [0.29, 0.717) is 18.8 Å². The summed E-state index contributed by atoms with van der Waals surface area (Å²) in [5.41, 5.74) is 0.0509. The number of esters is 1. The molecular weight excluding hydrogens is 220 g/mol. The van der Waals surface area contributed by atoms with E-state index in [1.807, 2.05) is 0 Å². The molecule has 0 aromatic heterocycles. The van der Waals surface area contributed by atoms with Gasteiger partial charge in [0.05, 0.1) is 13.0 Å². The third kappa shape index (κ3) is 3.14. The van der Waals surface area contributed by atoms with Gasteiger partial charge in [0.2, 0.25) is 5.78 Å². The van der Waals surface area contributed by atoms with E-state index < -0.39 is 17.7 Å². The largest absolute Gasteiger partial charge is 0.463 e. The van der Waals surface area contributed by atoms with E-state index in [2.05, 4.69) is 25.5 Å². The van der Waals surface area contributed by atoms with Gasteiger partial charge < -0.3 is 4.74 Å². The normalized spacial score (nSPS) is 25.5. The Bertz CT molecular complexity index is 338. The number of hydrogen-bond acceptors (Lipinski definition) is 4. The molecule has 1 aliphatic carbocycles. The first-order chi connectivity index (χ1) is 7.77. The molecule has 0 bridgehead atoms. The van der Waals surface area contributed by atoms with Gasteiger partial charge in [0.15, 0.2) is 0 Å². The molecule has 1 aliphatic rings.